The van der Waals surface area contributed by atoms with E-state index in [1.54, 1.807) is 32.4 Å². The van der Waals surface area contributed by atoms with E-state index in [0.717, 1.165) is 30.5 Å². The summed E-state index contributed by atoms with van der Waals surface area (Å²) in [4.78, 5) is 41.0. The first-order chi connectivity index (χ1) is 18.2. The van der Waals surface area contributed by atoms with Gasteiger partial charge in [-0.15, -0.1) is 0 Å². The summed E-state index contributed by atoms with van der Waals surface area (Å²) in [7, 11) is 3.22. The smallest absolute Gasteiger partial charge is 0.326 e. The molecule has 0 spiro atoms. The summed E-state index contributed by atoms with van der Waals surface area (Å²) in [5.74, 6) is -0.0542. The van der Waals surface area contributed by atoms with Crippen LogP contribution in [0.25, 0.3) is 0 Å². The molecule has 2 aromatic carbocycles. The van der Waals surface area contributed by atoms with Crippen molar-refractivity contribution in [3.8, 4) is 11.5 Å². The number of halogens is 1. The van der Waals surface area contributed by atoms with Gasteiger partial charge in [0, 0.05) is 37.6 Å². The number of methoxy groups -OCH3 is 1. The molecule has 206 valence electrons. The van der Waals surface area contributed by atoms with Crippen LogP contribution in [0.2, 0.25) is 5.02 Å². The molecule has 0 saturated carbocycles. The molecule has 10 heteroatoms. The van der Waals surface area contributed by atoms with Crippen molar-refractivity contribution >= 4 is 29.5 Å². The lowest BCUT2D eigenvalue weighted by Gasteiger charge is -2.32. The summed E-state index contributed by atoms with van der Waals surface area (Å²) >= 11 is 6.07. The number of carbonyl (C=O) groups excluding carboxylic acids is 2. The molecule has 3 rings (SSSR count). The van der Waals surface area contributed by atoms with Crippen molar-refractivity contribution in [3.05, 3.63) is 58.6 Å². The lowest BCUT2D eigenvalue weighted by molar-refractivity contribution is -0.138. The predicted octanol–water partition coefficient (Wildman–Crippen LogP) is 4.83. The average molecular weight is 546 g/mol. The number of carbonyl (C=O) groups is 3. The molecule has 1 fully saturated rings. The summed E-state index contributed by atoms with van der Waals surface area (Å²) < 4.78 is 11.4. The van der Waals surface area contributed by atoms with Gasteiger partial charge >= 0.3 is 12.0 Å². The molecular formula is C28H36ClN3O6. The highest BCUT2D eigenvalue weighted by Gasteiger charge is 2.29. The molecule has 1 atom stereocenters. The maximum atomic E-state index is 12.3. The molecule has 1 aliphatic heterocycles. The van der Waals surface area contributed by atoms with E-state index in [4.69, 9.17) is 21.1 Å². The normalized spacial score (nSPS) is 14.7. The van der Waals surface area contributed by atoms with Crippen LogP contribution in [0.1, 0.15) is 49.8 Å². The Morgan fingerprint density at radius 3 is 2.55 bits per heavy atom. The summed E-state index contributed by atoms with van der Waals surface area (Å²) in [6, 6.07) is 12.3. The van der Waals surface area contributed by atoms with Crippen molar-refractivity contribution in [1.82, 2.24) is 14.7 Å². The van der Waals surface area contributed by atoms with Crippen LogP contribution in [-0.4, -0.2) is 78.1 Å². The summed E-state index contributed by atoms with van der Waals surface area (Å²) in [5.41, 5.74) is 1.84. The minimum atomic E-state index is -0.871. The molecular weight excluding hydrogens is 510 g/mol. The van der Waals surface area contributed by atoms with Crippen LogP contribution in [-0.2, 0) is 16.1 Å². The molecule has 2 aromatic rings. The Balaban J connectivity index is 1.74. The summed E-state index contributed by atoms with van der Waals surface area (Å²) in [6.45, 7) is 4.05. The molecule has 0 aromatic heterocycles. The number of carboxylic acid groups (broad SMARTS) is 1. The van der Waals surface area contributed by atoms with Crippen LogP contribution < -0.4 is 9.47 Å². The number of amides is 3. The number of ether oxygens (including phenoxy) is 2. The second-order valence-electron chi connectivity index (χ2n) is 9.32. The second kappa shape index (κ2) is 14.0. The summed E-state index contributed by atoms with van der Waals surface area (Å²) in [5, 5.41) is 10.2. The van der Waals surface area contributed by atoms with Crippen molar-refractivity contribution in [1.29, 1.82) is 0 Å². The number of nitrogens with zero attached hydrogens (tertiary/aromatic N) is 3. The molecule has 1 saturated heterocycles. The first kappa shape index (κ1) is 29.3. The molecule has 38 heavy (non-hydrogen) atoms. The zero-order valence-electron chi connectivity index (χ0n) is 22.2. The van der Waals surface area contributed by atoms with Crippen LogP contribution in [0.15, 0.2) is 42.5 Å². The van der Waals surface area contributed by atoms with E-state index in [1.165, 1.54) is 9.80 Å². The number of hydrogen-bond acceptors (Lipinski definition) is 6. The zero-order chi connectivity index (χ0) is 27.7. The van der Waals surface area contributed by atoms with Crippen LogP contribution in [0, 0.1) is 0 Å². The highest BCUT2D eigenvalue weighted by atomic mass is 35.5. The number of hydrogen-bond donors (Lipinski definition) is 1. The average Bonchev–Trinajstić information content (AvgIpc) is 2.90. The van der Waals surface area contributed by atoms with Gasteiger partial charge in [-0.25, -0.2) is 4.79 Å². The number of carboxylic acids is 1. The Bertz CT molecular complexity index is 1110. The Labute approximate surface area is 228 Å². The molecule has 1 N–H and O–H groups in total. The zero-order valence-corrected chi connectivity index (χ0v) is 22.9. The van der Waals surface area contributed by atoms with Gasteiger partial charge in [0.25, 0.3) is 0 Å². The van der Waals surface area contributed by atoms with Gasteiger partial charge in [-0.1, -0.05) is 43.1 Å². The predicted molar refractivity (Wildman–Crippen MR) is 145 cm³/mol. The van der Waals surface area contributed by atoms with E-state index in [2.05, 4.69) is 11.8 Å². The van der Waals surface area contributed by atoms with E-state index in [9.17, 15) is 19.5 Å². The third-order valence-corrected chi connectivity index (χ3v) is 6.82. The van der Waals surface area contributed by atoms with Gasteiger partial charge < -0.3 is 19.5 Å². The standard InChI is InChI=1S/C28H36ClN3O6/c1-4-5-13-31(23(18-27(34)35)21-7-9-22(29)10-8-21)19-20-6-11-24(25(17-20)37-3)38-16-15-32-26(33)12-14-30(2)28(32)36/h6-11,17,23H,4-5,12-16,18-19H2,1-3H3,(H,34,35). The lowest BCUT2D eigenvalue weighted by Crippen LogP contribution is -2.51. The topological polar surface area (TPSA) is 99.6 Å². The maximum absolute atomic E-state index is 12.3. The molecule has 0 radical (unpaired) electrons. The molecule has 1 aliphatic rings. The largest absolute Gasteiger partial charge is 0.493 e. The van der Waals surface area contributed by atoms with Crippen molar-refractivity contribution in [2.24, 2.45) is 0 Å². The number of unbranched alkanes of at least 4 members (excludes halogenated alkanes) is 1. The number of aliphatic carboxylic acids is 1. The van der Waals surface area contributed by atoms with Gasteiger partial charge in [0.15, 0.2) is 11.5 Å². The monoisotopic (exact) mass is 545 g/mol. The van der Waals surface area contributed by atoms with Crippen molar-refractivity contribution in [3.63, 3.8) is 0 Å². The van der Waals surface area contributed by atoms with Gasteiger partial charge in [-0.2, -0.15) is 0 Å². The number of imide groups is 1. The number of rotatable bonds is 14. The fraction of sp³-hybridized carbons (Fsp3) is 0.464. The number of urea groups is 1. The van der Waals surface area contributed by atoms with Gasteiger partial charge in [0.1, 0.15) is 6.61 Å². The van der Waals surface area contributed by atoms with E-state index in [1.807, 2.05) is 24.3 Å². The van der Waals surface area contributed by atoms with E-state index < -0.39 is 5.97 Å². The third kappa shape index (κ3) is 7.85. The van der Waals surface area contributed by atoms with Crippen molar-refractivity contribution < 1.29 is 29.0 Å². The second-order valence-corrected chi connectivity index (χ2v) is 9.76. The Morgan fingerprint density at radius 2 is 1.89 bits per heavy atom. The summed E-state index contributed by atoms with van der Waals surface area (Å²) in [6.07, 6.45) is 2.16. The van der Waals surface area contributed by atoms with Crippen molar-refractivity contribution in [2.75, 3.05) is 40.4 Å². The molecule has 0 bridgehead atoms. The van der Waals surface area contributed by atoms with Gasteiger partial charge in [-0.3, -0.25) is 19.4 Å². The van der Waals surface area contributed by atoms with Crippen LogP contribution >= 0.6 is 11.6 Å². The van der Waals surface area contributed by atoms with E-state index in [0.29, 0.717) is 36.0 Å². The van der Waals surface area contributed by atoms with E-state index >= 15 is 0 Å². The Morgan fingerprint density at radius 1 is 1.16 bits per heavy atom. The minimum absolute atomic E-state index is 0.0349. The molecule has 9 nitrogen and oxygen atoms in total. The maximum Gasteiger partial charge on any atom is 0.326 e. The highest BCUT2D eigenvalue weighted by Crippen LogP contribution is 2.32. The highest BCUT2D eigenvalue weighted by molar-refractivity contribution is 6.30. The van der Waals surface area contributed by atoms with Crippen LogP contribution in [0.5, 0.6) is 11.5 Å². The van der Waals surface area contributed by atoms with Gasteiger partial charge in [-0.05, 0) is 48.4 Å². The Kier molecular flexibility index (Phi) is 10.8. The number of benzene rings is 2. The molecule has 1 heterocycles. The molecule has 3 amide bonds. The lowest BCUT2D eigenvalue weighted by atomic mass is 10.0. The van der Waals surface area contributed by atoms with Gasteiger partial charge in [0.05, 0.1) is 20.1 Å². The van der Waals surface area contributed by atoms with Gasteiger partial charge in [0.2, 0.25) is 5.91 Å². The van der Waals surface area contributed by atoms with Crippen LogP contribution in [0.4, 0.5) is 4.79 Å². The molecule has 0 aliphatic carbocycles. The minimum Gasteiger partial charge on any atom is -0.493 e. The SMILES string of the molecule is CCCCN(Cc1ccc(OCCN2C(=O)CCN(C)C2=O)c(OC)c1)C(CC(=O)O)c1ccc(Cl)cc1. The first-order valence-electron chi connectivity index (χ1n) is 12.8. The first-order valence-corrected chi connectivity index (χ1v) is 13.2. The fourth-order valence-electron chi connectivity index (χ4n) is 4.45. The Hall–Kier alpha value is -3.30. The van der Waals surface area contributed by atoms with Crippen LogP contribution in [0.3, 0.4) is 0 Å². The molecule has 1 unspecified atom stereocenters. The fourth-order valence-corrected chi connectivity index (χ4v) is 4.58. The third-order valence-electron chi connectivity index (χ3n) is 6.57. The van der Waals surface area contributed by atoms with Crippen molar-refractivity contribution in [2.45, 2.75) is 45.2 Å². The quantitative estimate of drug-likeness (QED) is 0.363. The van der Waals surface area contributed by atoms with E-state index in [-0.39, 0.29) is 37.6 Å².